The maximum Gasteiger partial charge on any atom is 0.237 e. The van der Waals surface area contributed by atoms with E-state index in [0.717, 1.165) is 5.75 Å². The first kappa shape index (κ1) is 17.3. The molecule has 0 saturated carbocycles. The second-order valence-electron chi connectivity index (χ2n) is 5.59. The zero-order chi connectivity index (χ0) is 15.8. The lowest BCUT2D eigenvalue weighted by atomic mass is 10.0. The molecule has 0 aromatic heterocycles. The summed E-state index contributed by atoms with van der Waals surface area (Å²) in [6.07, 6.45) is 0.532. The number of methoxy groups -OCH3 is 1. The molecule has 0 aliphatic carbocycles. The van der Waals surface area contributed by atoms with Crippen LogP contribution in [0.5, 0.6) is 11.5 Å². The summed E-state index contributed by atoms with van der Waals surface area (Å²) in [5.41, 5.74) is 5.83. The van der Waals surface area contributed by atoms with Gasteiger partial charge in [0.25, 0.3) is 0 Å². The van der Waals surface area contributed by atoms with Gasteiger partial charge in [0.2, 0.25) is 5.91 Å². The summed E-state index contributed by atoms with van der Waals surface area (Å²) < 4.78 is 10.9. The fourth-order valence-electron chi connectivity index (χ4n) is 1.94. The van der Waals surface area contributed by atoms with Gasteiger partial charge in [-0.25, -0.2) is 0 Å². The van der Waals surface area contributed by atoms with E-state index < -0.39 is 6.04 Å². The Morgan fingerprint density at radius 3 is 2.57 bits per heavy atom. The van der Waals surface area contributed by atoms with Crippen LogP contribution in [-0.4, -0.2) is 31.7 Å². The van der Waals surface area contributed by atoms with Gasteiger partial charge in [0, 0.05) is 6.07 Å². The predicted octanol–water partition coefficient (Wildman–Crippen LogP) is 1.95. The molecule has 0 fully saturated rings. The zero-order valence-electron chi connectivity index (χ0n) is 13.3. The van der Waals surface area contributed by atoms with Gasteiger partial charge in [-0.2, -0.15) is 0 Å². The highest BCUT2D eigenvalue weighted by molar-refractivity contribution is 5.81. The van der Waals surface area contributed by atoms with Crippen molar-refractivity contribution in [1.82, 2.24) is 5.32 Å². The number of benzene rings is 1. The van der Waals surface area contributed by atoms with Crippen LogP contribution >= 0.6 is 0 Å². The molecule has 1 rings (SSSR count). The lowest BCUT2D eigenvalue weighted by Crippen LogP contribution is -2.44. The number of carbonyl (C=O) groups is 1. The van der Waals surface area contributed by atoms with Gasteiger partial charge in [-0.3, -0.25) is 4.79 Å². The number of ether oxygens (including phenoxy) is 2. The third kappa shape index (κ3) is 6.49. The largest absolute Gasteiger partial charge is 0.497 e. The van der Waals surface area contributed by atoms with Crippen molar-refractivity contribution < 1.29 is 14.3 Å². The first-order valence-electron chi connectivity index (χ1n) is 7.26. The van der Waals surface area contributed by atoms with Gasteiger partial charge < -0.3 is 20.5 Å². The van der Waals surface area contributed by atoms with E-state index in [-0.39, 0.29) is 12.0 Å². The van der Waals surface area contributed by atoms with E-state index in [9.17, 15) is 4.79 Å². The predicted molar refractivity (Wildman–Crippen MR) is 83.5 cm³/mol. The second kappa shape index (κ2) is 8.52. The van der Waals surface area contributed by atoms with Crippen molar-refractivity contribution in [3.63, 3.8) is 0 Å². The van der Waals surface area contributed by atoms with Crippen LogP contribution in [0, 0.1) is 5.92 Å². The van der Waals surface area contributed by atoms with Crippen molar-refractivity contribution in [2.75, 3.05) is 13.7 Å². The highest BCUT2D eigenvalue weighted by Crippen LogP contribution is 2.19. The first-order valence-corrected chi connectivity index (χ1v) is 7.26. The summed E-state index contributed by atoms with van der Waals surface area (Å²) >= 11 is 0. The molecule has 1 unspecified atom stereocenters. The smallest absolute Gasteiger partial charge is 0.237 e. The summed E-state index contributed by atoms with van der Waals surface area (Å²) in [5.74, 6) is 1.71. The molecule has 0 spiro atoms. The van der Waals surface area contributed by atoms with Crippen LogP contribution in [0.3, 0.4) is 0 Å². The number of rotatable bonds is 8. The number of amides is 1. The van der Waals surface area contributed by atoms with E-state index in [4.69, 9.17) is 15.2 Å². The van der Waals surface area contributed by atoms with E-state index in [1.807, 2.05) is 45.0 Å². The molecular formula is C16H26N2O3. The molecule has 21 heavy (non-hydrogen) atoms. The summed E-state index contributed by atoms with van der Waals surface area (Å²) in [6, 6.07) is 6.91. The summed E-state index contributed by atoms with van der Waals surface area (Å²) in [4.78, 5) is 11.8. The van der Waals surface area contributed by atoms with Crippen LogP contribution in [0.25, 0.3) is 0 Å². The van der Waals surface area contributed by atoms with Gasteiger partial charge in [0.1, 0.15) is 17.6 Å². The van der Waals surface area contributed by atoms with Gasteiger partial charge in [-0.1, -0.05) is 19.9 Å². The van der Waals surface area contributed by atoms with Crippen LogP contribution in [0.1, 0.15) is 27.2 Å². The van der Waals surface area contributed by atoms with Crippen molar-refractivity contribution in [2.24, 2.45) is 11.7 Å². The number of nitrogens with two attached hydrogens (primary N) is 1. The number of hydrogen-bond acceptors (Lipinski definition) is 4. The molecule has 0 aliphatic rings. The minimum Gasteiger partial charge on any atom is -0.497 e. The van der Waals surface area contributed by atoms with Gasteiger partial charge in [-0.15, -0.1) is 0 Å². The third-order valence-corrected chi connectivity index (χ3v) is 3.00. The van der Waals surface area contributed by atoms with E-state index in [0.29, 0.717) is 24.6 Å². The monoisotopic (exact) mass is 294 g/mol. The minimum absolute atomic E-state index is 0.134. The Morgan fingerprint density at radius 2 is 1.95 bits per heavy atom. The summed E-state index contributed by atoms with van der Waals surface area (Å²) in [7, 11) is 1.61. The normalized spacial score (nSPS) is 13.6. The summed E-state index contributed by atoms with van der Waals surface area (Å²) in [6.45, 7) is 6.40. The van der Waals surface area contributed by atoms with E-state index in [1.165, 1.54) is 0 Å². The van der Waals surface area contributed by atoms with Gasteiger partial charge >= 0.3 is 0 Å². The Morgan fingerprint density at radius 1 is 1.29 bits per heavy atom. The van der Waals surface area contributed by atoms with Crippen LogP contribution < -0.4 is 20.5 Å². The van der Waals surface area contributed by atoms with Gasteiger partial charge in [0.15, 0.2) is 0 Å². The average Bonchev–Trinajstić information content (AvgIpc) is 2.44. The van der Waals surface area contributed by atoms with Gasteiger partial charge in [0.05, 0.1) is 19.7 Å². The molecule has 1 amide bonds. The SMILES string of the molecule is COc1cccc(OC(C)CNC(=O)[C@@H](N)CC(C)C)c1. The third-order valence-electron chi connectivity index (χ3n) is 3.00. The summed E-state index contributed by atoms with van der Waals surface area (Å²) in [5, 5.41) is 2.82. The molecule has 118 valence electrons. The Balaban J connectivity index is 2.39. The van der Waals surface area contributed by atoms with Crippen molar-refractivity contribution in [1.29, 1.82) is 0 Å². The molecule has 0 heterocycles. The topological polar surface area (TPSA) is 73.6 Å². The lowest BCUT2D eigenvalue weighted by molar-refractivity contribution is -0.123. The Labute approximate surface area is 126 Å². The number of nitrogens with one attached hydrogen (secondary N) is 1. The minimum atomic E-state index is -0.464. The van der Waals surface area contributed by atoms with E-state index in [1.54, 1.807) is 7.11 Å². The molecule has 1 aromatic rings. The van der Waals surface area contributed by atoms with Crippen molar-refractivity contribution in [3.05, 3.63) is 24.3 Å². The molecule has 2 atom stereocenters. The van der Waals surface area contributed by atoms with Crippen LogP contribution in [0.4, 0.5) is 0 Å². The molecule has 1 aromatic carbocycles. The molecule has 3 N–H and O–H groups in total. The second-order valence-corrected chi connectivity index (χ2v) is 5.59. The first-order chi connectivity index (χ1) is 9.92. The average molecular weight is 294 g/mol. The van der Waals surface area contributed by atoms with Gasteiger partial charge in [-0.05, 0) is 31.4 Å². The Kier molecular flexibility index (Phi) is 7.02. The fraction of sp³-hybridized carbons (Fsp3) is 0.562. The standard InChI is InChI=1S/C16H26N2O3/c1-11(2)8-15(17)16(19)18-10-12(3)21-14-7-5-6-13(9-14)20-4/h5-7,9,11-12,15H,8,10,17H2,1-4H3,(H,18,19)/t12?,15-/m0/s1. The highest BCUT2D eigenvalue weighted by atomic mass is 16.5. The molecule has 0 radical (unpaired) electrons. The molecule has 0 saturated heterocycles. The van der Waals surface area contributed by atoms with Crippen molar-refractivity contribution in [2.45, 2.75) is 39.3 Å². The van der Waals surface area contributed by atoms with Crippen LogP contribution in [0.15, 0.2) is 24.3 Å². The quantitative estimate of drug-likeness (QED) is 0.768. The highest BCUT2D eigenvalue weighted by Gasteiger charge is 2.15. The maximum absolute atomic E-state index is 11.8. The lowest BCUT2D eigenvalue weighted by Gasteiger charge is -2.18. The van der Waals surface area contributed by atoms with Crippen LogP contribution in [-0.2, 0) is 4.79 Å². The number of carbonyl (C=O) groups excluding carboxylic acids is 1. The van der Waals surface area contributed by atoms with Crippen molar-refractivity contribution in [3.8, 4) is 11.5 Å². The maximum atomic E-state index is 11.8. The molecule has 0 aliphatic heterocycles. The fourth-order valence-corrected chi connectivity index (χ4v) is 1.94. The molecule has 5 nitrogen and oxygen atoms in total. The zero-order valence-corrected chi connectivity index (χ0v) is 13.3. The molecule has 5 heteroatoms. The molecular weight excluding hydrogens is 268 g/mol. The van der Waals surface area contributed by atoms with Crippen LogP contribution in [0.2, 0.25) is 0 Å². The van der Waals surface area contributed by atoms with E-state index >= 15 is 0 Å². The number of hydrogen-bond donors (Lipinski definition) is 2. The Hall–Kier alpha value is -1.75. The molecule has 0 bridgehead atoms. The van der Waals surface area contributed by atoms with Crippen molar-refractivity contribution >= 4 is 5.91 Å². The van der Waals surface area contributed by atoms with E-state index in [2.05, 4.69) is 5.32 Å². The Bertz CT molecular complexity index is 449.